The highest BCUT2D eigenvalue weighted by Crippen LogP contribution is 2.25. The first-order chi connectivity index (χ1) is 12.0. The van der Waals surface area contributed by atoms with Crippen molar-refractivity contribution in [1.82, 2.24) is 10.2 Å². The predicted octanol–water partition coefficient (Wildman–Crippen LogP) is 3.23. The molecule has 1 aliphatic heterocycles. The van der Waals surface area contributed by atoms with Gasteiger partial charge in [0.2, 0.25) is 5.91 Å². The summed E-state index contributed by atoms with van der Waals surface area (Å²) in [5, 5.41) is 4.76. The molecule has 1 aromatic heterocycles. The minimum Gasteiger partial charge on any atom is -0.340 e. The molecule has 1 aromatic carbocycles. The number of hydrogen-bond donors (Lipinski definition) is 1. The van der Waals surface area contributed by atoms with Crippen molar-refractivity contribution in [2.75, 3.05) is 6.54 Å². The summed E-state index contributed by atoms with van der Waals surface area (Å²) in [6.07, 6.45) is 0.838. The highest BCUT2D eigenvalue weighted by atomic mass is 32.1. The molecule has 0 saturated heterocycles. The Morgan fingerprint density at radius 3 is 2.72 bits per heavy atom. The molecule has 1 aliphatic rings. The van der Waals surface area contributed by atoms with Crippen LogP contribution in [0, 0.1) is 11.7 Å². The van der Waals surface area contributed by atoms with Crippen molar-refractivity contribution in [3.8, 4) is 0 Å². The van der Waals surface area contributed by atoms with Gasteiger partial charge in [0.15, 0.2) is 0 Å². The van der Waals surface area contributed by atoms with E-state index in [0.29, 0.717) is 13.1 Å². The summed E-state index contributed by atoms with van der Waals surface area (Å²) in [4.78, 5) is 28.4. The normalized spacial score (nSPS) is 15.0. The first-order valence-electron chi connectivity index (χ1n) is 8.36. The maximum atomic E-state index is 13.8. The van der Waals surface area contributed by atoms with Crippen LogP contribution in [0.4, 0.5) is 4.39 Å². The zero-order valence-corrected chi connectivity index (χ0v) is 15.1. The molecule has 0 unspecified atom stereocenters. The minimum atomic E-state index is -0.674. The van der Waals surface area contributed by atoms with E-state index in [9.17, 15) is 14.0 Å². The Morgan fingerprint density at radius 1 is 1.24 bits per heavy atom. The second-order valence-corrected chi connectivity index (χ2v) is 7.55. The molecule has 1 N–H and O–H groups in total. The maximum Gasteiger partial charge on any atom is 0.254 e. The van der Waals surface area contributed by atoms with E-state index in [-0.39, 0.29) is 17.4 Å². The van der Waals surface area contributed by atoms with E-state index in [1.807, 2.05) is 25.3 Å². The SMILES string of the molecule is CC(C)[C@H](NC(=O)c1ccccc1F)C(=O)N1CCc2sccc2C1. The monoisotopic (exact) mass is 360 g/mol. The number of thiophene rings is 1. The van der Waals surface area contributed by atoms with Gasteiger partial charge in [-0.15, -0.1) is 11.3 Å². The van der Waals surface area contributed by atoms with Crippen LogP contribution in [0.5, 0.6) is 0 Å². The molecule has 4 nitrogen and oxygen atoms in total. The van der Waals surface area contributed by atoms with E-state index >= 15 is 0 Å². The maximum absolute atomic E-state index is 13.8. The number of carbonyl (C=O) groups excluding carboxylic acids is 2. The molecule has 0 bridgehead atoms. The van der Waals surface area contributed by atoms with Gasteiger partial charge in [-0.1, -0.05) is 26.0 Å². The largest absolute Gasteiger partial charge is 0.340 e. The van der Waals surface area contributed by atoms with E-state index in [1.54, 1.807) is 22.3 Å². The lowest BCUT2D eigenvalue weighted by Gasteiger charge is -2.32. The highest BCUT2D eigenvalue weighted by Gasteiger charge is 2.31. The van der Waals surface area contributed by atoms with Crippen molar-refractivity contribution >= 4 is 23.2 Å². The molecule has 2 amide bonds. The molecule has 0 fully saturated rings. The number of carbonyl (C=O) groups is 2. The predicted molar refractivity (Wildman–Crippen MR) is 95.9 cm³/mol. The highest BCUT2D eigenvalue weighted by molar-refractivity contribution is 7.10. The number of rotatable bonds is 4. The summed E-state index contributed by atoms with van der Waals surface area (Å²) in [5.41, 5.74) is 1.13. The van der Waals surface area contributed by atoms with Gasteiger partial charge < -0.3 is 10.2 Å². The van der Waals surface area contributed by atoms with Gasteiger partial charge in [-0.25, -0.2) is 4.39 Å². The molecule has 2 heterocycles. The molecule has 0 radical (unpaired) electrons. The third-order valence-electron chi connectivity index (χ3n) is 4.46. The number of amides is 2. The summed E-state index contributed by atoms with van der Waals surface area (Å²) in [6, 6.07) is 7.17. The molecule has 3 rings (SSSR count). The molecule has 6 heteroatoms. The summed E-state index contributed by atoms with van der Waals surface area (Å²) >= 11 is 1.71. The van der Waals surface area contributed by atoms with Crippen molar-refractivity contribution in [3.05, 3.63) is 57.5 Å². The van der Waals surface area contributed by atoms with Crippen molar-refractivity contribution < 1.29 is 14.0 Å². The fourth-order valence-corrected chi connectivity index (χ4v) is 3.90. The second kappa shape index (κ2) is 7.35. The van der Waals surface area contributed by atoms with Crippen molar-refractivity contribution in [2.24, 2.45) is 5.92 Å². The molecule has 0 spiro atoms. The van der Waals surface area contributed by atoms with Gasteiger partial charge >= 0.3 is 0 Å². The molecular formula is C19H21FN2O2S. The van der Waals surface area contributed by atoms with Gasteiger partial charge in [-0.05, 0) is 41.5 Å². The number of hydrogen-bond acceptors (Lipinski definition) is 3. The summed E-state index contributed by atoms with van der Waals surface area (Å²) in [6.45, 7) is 4.97. The van der Waals surface area contributed by atoms with Gasteiger partial charge in [0.1, 0.15) is 11.9 Å². The summed E-state index contributed by atoms with van der Waals surface area (Å²) in [5.74, 6) is -1.35. The van der Waals surface area contributed by atoms with Gasteiger partial charge in [0.05, 0.1) is 5.56 Å². The van der Waals surface area contributed by atoms with E-state index in [4.69, 9.17) is 0 Å². The van der Waals surface area contributed by atoms with Crippen LogP contribution >= 0.6 is 11.3 Å². The van der Waals surface area contributed by atoms with Crippen LogP contribution in [0.1, 0.15) is 34.6 Å². The summed E-state index contributed by atoms with van der Waals surface area (Å²) < 4.78 is 13.8. The third kappa shape index (κ3) is 3.74. The molecular weight excluding hydrogens is 339 g/mol. The van der Waals surface area contributed by atoms with Crippen LogP contribution in [-0.4, -0.2) is 29.3 Å². The average molecular weight is 360 g/mol. The topological polar surface area (TPSA) is 49.4 Å². The Labute approximate surface area is 150 Å². The average Bonchev–Trinajstić information content (AvgIpc) is 3.06. The number of nitrogens with zero attached hydrogens (tertiary/aromatic N) is 1. The number of benzene rings is 1. The van der Waals surface area contributed by atoms with Gasteiger partial charge in [0.25, 0.3) is 5.91 Å². The van der Waals surface area contributed by atoms with Crippen LogP contribution in [0.3, 0.4) is 0 Å². The van der Waals surface area contributed by atoms with Crippen molar-refractivity contribution in [1.29, 1.82) is 0 Å². The molecule has 2 aromatic rings. The lowest BCUT2D eigenvalue weighted by molar-refractivity contribution is -0.135. The van der Waals surface area contributed by atoms with Crippen LogP contribution < -0.4 is 5.32 Å². The fourth-order valence-electron chi connectivity index (χ4n) is 3.01. The van der Waals surface area contributed by atoms with E-state index in [2.05, 4.69) is 5.32 Å². The summed E-state index contributed by atoms with van der Waals surface area (Å²) in [7, 11) is 0. The van der Waals surface area contributed by atoms with Crippen molar-refractivity contribution in [2.45, 2.75) is 32.9 Å². The van der Waals surface area contributed by atoms with Gasteiger partial charge in [-0.2, -0.15) is 0 Å². The van der Waals surface area contributed by atoms with Crippen LogP contribution in [0.15, 0.2) is 35.7 Å². The lowest BCUT2D eigenvalue weighted by atomic mass is 10.00. The molecule has 1 atom stereocenters. The molecule has 0 saturated carbocycles. The number of fused-ring (bicyclic) bond motifs is 1. The zero-order chi connectivity index (χ0) is 18.0. The van der Waals surface area contributed by atoms with Crippen LogP contribution in [0.2, 0.25) is 0 Å². The zero-order valence-electron chi connectivity index (χ0n) is 14.3. The number of nitrogens with one attached hydrogen (secondary N) is 1. The smallest absolute Gasteiger partial charge is 0.254 e. The first-order valence-corrected chi connectivity index (χ1v) is 9.24. The molecule has 0 aliphatic carbocycles. The third-order valence-corrected chi connectivity index (χ3v) is 5.48. The Morgan fingerprint density at radius 2 is 2.00 bits per heavy atom. The van der Waals surface area contributed by atoms with E-state index in [0.717, 1.165) is 6.42 Å². The van der Waals surface area contributed by atoms with Crippen LogP contribution in [-0.2, 0) is 17.8 Å². The Bertz CT molecular complexity index is 787. The molecule has 132 valence electrons. The van der Waals surface area contributed by atoms with E-state index < -0.39 is 17.8 Å². The standard InChI is InChI=1S/C19H21FN2O2S/c1-12(2)17(21-18(23)14-5-3-4-6-15(14)20)19(24)22-9-7-16-13(11-22)8-10-25-16/h3-6,8,10,12,17H,7,9,11H2,1-2H3,(H,21,23)/t17-/m0/s1. The number of halogens is 1. The van der Waals surface area contributed by atoms with Gasteiger partial charge in [-0.3, -0.25) is 9.59 Å². The first kappa shape index (κ1) is 17.6. The Balaban J connectivity index is 1.74. The fraction of sp³-hybridized carbons (Fsp3) is 0.368. The second-order valence-electron chi connectivity index (χ2n) is 6.55. The van der Waals surface area contributed by atoms with E-state index in [1.165, 1.54) is 28.6 Å². The Kier molecular flexibility index (Phi) is 5.18. The lowest BCUT2D eigenvalue weighted by Crippen LogP contribution is -2.52. The quantitative estimate of drug-likeness (QED) is 0.910. The Hall–Kier alpha value is -2.21. The minimum absolute atomic E-state index is 0.0419. The van der Waals surface area contributed by atoms with Crippen molar-refractivity contribution in [3.63, 3.8) is 0 Å². The molecule has 25 heavy (non-hydrogen) atoms. The van der Waals surface area contributed by atoms with Crippen LogP contribution in [0.25, 0.3) is 0 Å². The van der Waals surface area contributed by atoms with Gasteiger partial charge in [0, 0.05) is 18.0 Å².